The van der Waals surface area contributed by atoms with Crippen LogP contribution >= 0.6 is 0 Å². The van der Waals surface area contributed by atoms with Crippen LogP contribution in [0.3, 0.4) is 0 Å². The highest BCUT2D eigenvalue weighted by molar-refractivity contribution is 5.95. The van der Waals surface area contributed by atoms with Crippen LogP contribution in [0.4, 0.5) is 0 Å². The minimum absolute atomic E-state index is 0.0225. The third-order valence-corrected chi connectivity index (χ3v) is 4.40. The van der Waals surface area contributed by atoms with Gasteiger partial charge in [0.25, 0.3) is 5.91 Å². The molecule has 0 saturated carbocycles. The van der Waals surface area contributed by atoms with E-state index in [9.17, 15) is 9.59 Å². The third kappa shape index (κ3) is 2.42. The molecule has 0 bridgehead atoms. The molecule has 1 aliphatic heterocycles. The van der Waals surface area contributed by atoms with Gasteiger partial charge < -0.3 is 10.0 Å². The van der Waals surface area contributed by atoms with E-state index in [0.717, 1.165) is 25.7 Å². The van der Waals surface area contributed by atoms with Crippen LogP contribution < -0.4 is 0 Å². The topological polar surface area (TPSA) is 57.6 Å². The molecule has 0 spiro atoms. The first-order valence-corrected chi connectivity index (χ1v) is 7.29. The summed E-state index contributed by atoms with van der Waals surface area (Å²) < 4.78 is 0. The Labute approximate surface area is 118 Å². The monoisotopic (exact) mass is 273 g/mol. The fourth-order valence-electron chi connectivity index (χ4n) is 3.25. The summed E-state index contributed by atoms with van der Waals surface area (Å²) in [6.07, 6.45) is 4.76. The van der Waals surface area contributed by atoms with Crippen molar-refractivity contribution < 1.29 is 14.7 Å². The lowest BCUT2D eigenvalue weighted by Gasteiger charge is -2.30. The smallest absolute Gasteiger partial charge is 0.308 e. The van der Waals surface area contributed by atoms with Gasteiger partial charge in [0, 0.05) is 18.7 Å². The molecule has 1 aliphatic carbocycles. The minimum Gasteiger partial charge on any atom is -0.481 e. The zero-order valence-corrected chi connectivity index (χ0v) is 11.5. The van der Waals surface area contributed by atoms with Crippen molar-refractivity contribution in [2.24, 2.45) is 5.92 Å². The Kier molecular flexibility index (Phi) is 3.47. The second kappa shape index (κ2) is 5.27. The Hall–Kier alpha value is -1.84. The lowest BCUT2D eigenvalue weighted by molar-refractivity contribution is -0.143. The molecular weight excluding hydrogens is 254 g/mol. The summed E-state index contributed by atoms with van der Waals surface area (Å²) in [7, 11) is 0. The molecule has 4 nitrogen and oxygen atoms in total. The van der Waals surface area contributed by atoms with Gasteiger partial charge in [-0.25, -0.2) is 0 Å². The zero-order chi connectivity index (χ0) is 14.1. The van der Waals surface area contributed by atoms with Gasteiger partial charge in [0.1, 0.15) is 0 Å². The van der Waals surface area contributed by atoms with Gasteiger partial charge in [-0.05, 0) is 55.4 Å². The molecule has 1 aromatic rings. The molecule has 1 saturated heterocycles. The van der Waals surface area contributed by atoms with E-state index in [1.807, 2.05) is 18.2 Å². The number of amides is 1. The first-order chi connectivity index (χ1) is 9.65. The van der Waals surface area contributed by atoms with Gasteiger partial charge >= 0.3 is 5.97 Å². The number of likely N-dealkylation sites (tertiary alicyclic amines) is 1. The second-order valence-electron chi connectivity index (χ2n) is 5.77. The largest absolute Gasteiger partial charge is 0.481 e. The van der Waals surface area contributed by atoms with Crippen molar-refractivity contribution >= 4 is 11.9 Å². The van der Waals surface area contributed by atoms with Gasteiger partial charge in [-0.3, -0.25) is 9.59 Å². The lowest BCUT2D eigenvalue weighted by atomic mass is 9.97. The number of hydrogen-bond donors (Lipinski definition) is 1. The van der Waals surface area contributed by atoms with Crippen LogP contribution in [-0.4, -0.2) is 35.0 Å². The average Bonchev–Trinajstić information content (AvgIpc) is 2.94. The molecule has 20 heavy (non-hydrogen) atoms. The molecule has 1 heterocycles. The van der Waals surface area contributed by atoms with Crippen molar-refractivity contribution in [3.63, 3.8) is 0 Å². The van der Waals surface area contributed by atoms with E-state index >= 15 is 0 Å². The molecule has 4 heteroatoms. The number of rotatable bonds is 2. The van der Waals surface area contributed by atoms with E-state index in [4.69, 9.17) is 5.11 Å². The van der Waals surface area contributed by atoms with E-state index in [0.29, 0.717) is 25.1 Å². The first-order valence-electron chi connectivity index (χ1n) is 7.29. The Morgan fingerprint density at radius 2 is 1.95 bits per heavy atom. The summed E-state index contributed by atoms with van der Waals surface area (Å²) in [6.45, 7) is 1.00. The number of fused-ring (bicyclic) bond motifs is 1. The summed E-state index contributed by atoms with van der Waals surface area (Å²) in [4.78, 5) is 25.3. The number of carbonyl (C=O) groups excluding carboxylic acids is 1. The van der Waals surface area contributed by atoms with Crippen LogP contribution in [0.15, 0.2) is 18.2 Å². The van der Waals surface area contributed by atoms with E-state index in [2.05, 4.69) is 0 Å². The van der Waals surface area contributed by atoms with E-state index in [1.54, 1.807) is 4.90 Å². The first kappa shape index (κ1) is 13.2. The maximum atomic E-state index is 12.5. The number of carboxylic acid groups (broad SMARTS) is 1. The number of hydrogen-bond acceptors (Lipinski definition) is 2. The SMILES string of the molecule is O=C(O)[C@@H]1CCCN(C(=O)c2ccc3c(c2)CCC3)C1. The molecule has 0 unspecified atom stereocenters. The number of aryl methyl sites for hydroxylation is 2. The third-order valence-electron chi connectivity index (χ3n) is 4.40. The van der Waals surface area contributed by atoms with E-state index < -0.39 is 11.9 Å². The average molecular weight is 273 g/mol. The predicted molar refractivity (Wildman–Crippen MR) is 74.7 cm³/mol. The highest BCUT2D eigenvalue weighted by Gasteiger charge is 2.29. The molecule has 106 valence electrons. The number of carbonyl (C=O) groups is 2. The van der Waals surface area contributed by atoms with E-state index in [-0.39, 0.29) is 5.91 Å². The number of aliphatic carboxylic acids is 1. The Morgan fingerprint density at radius 3 is 2.75 bits per heavy atom. The summed E-state index contributed by atoms with van der Waals surface area (Å²) in [5.41, 5.74) is 3.34. The fraction of sp³-hybridized carbons (Fsp3) is 0.500. The van der Waals surface area contributed by atoms with Crippen LogP contribution in [0.2, 0.25) is 0 Å². The maximum Gasteiger partial charge on any atom is 0.308 e. The van der Waals surface area contributed by atoms with Gasteiger partial charge in [0.2, 0.25) is 0 Å². The van der Waals surface area contributed by atoms with Crippen molar-refractivity contribution in [2.45, 2.75) is 32.1 Å². The molecule has 1 atom stereocenters. The number of benzene rings is 1. The standard InChI is InChI=1S/C16H19NO3/c18-15(17-8-2-5-14(10-17)16(19)20)13-7-6-11-3-1-4-12(11)9-13/h6-7,9,14H,1-5,8,10H2,(H,19,20)/t14-/m1/s1. The Morgan fingerprint density at radius 1 is 1.15 bits per heavy atom. The molecule has 1 aromatic carbocycles. The van der Waals surface area contributed by atoms with Crippen molar-refractivity contribution in [1.82, 2.24) is 4.90 Å². The minimum atomic E-state index is -0.795. The molecule has 0 aromatic heterocycles. The second-order valence-corrected chi connectivity index (χ2v) is 5.77. The van der Waals surface area contributed by atoms with Gasteiger partial charge in [-0.2, -0.15) is 0 Å². The summed E-state index contributed by atoms with van der Waals surface area (Å²) in [5.74, 6) is -1.23. The van der Waals surface area contributed by atoms with Crippen molar-refractivity contribution in [1.29, 1.82) is 0 Å². The van der Waals surface area contributed by atoms with Gasteiger partial charge in [-0.1, -0.05) is 6.07 Å². The van der Waals surface area contributed by atoms with Crippen LogP contribution in [0.25, 0.3) is 0 Å². The summed E-state index contributed by atoms with van der Waals surface area (Å²) in [5, 5.41) is 9.10. The molecule has 1 fully saturated rings. The zero-order valence-electron chi connectivity index (χ0n) is 11.5. The van der Waals surface area contributed by atoms with Gasteiger partial charge in [0.15, 0.2) is 0 Å². The molecule has 1 amide bonds. The quantitative estimate of drug-likeness (QED) is 0.898. The van der Waals surface area contributed by atoms with Crippen molar-refractivity contribution in [2.75, 3.05) is 13.1 Å². The highest BCUT2D eigenvalue weighted by atomic mass is 16.4. The predicted octanol–water partition coefficient (Wildman–Crippen LogP) is 2.11. The maximum absolute atomic E-state index is 12.5. The van der Waals surface area contributed by atoms with Crippen LogP contribution in [0.5, 0.6) is 0 Å². The van der Waals surface area contributed by atoms with E-state index in [1.165, 1.54) is 11.1 Å². The Bertz CT molecular complexity index is 553. The van der Waals surface area contributed by atoms with Gasteiger partial charge in [0.05, 0.1) is 5.92 Å². The fourth-order valence-corrected chi connectivity index (χ4v) is 3.25. The van der Waals surface area contributed by atoms with Crippen LogP contribution in [0, 0.1) is 5.92 Å². The highest BCUT2D eigenvalue weighted by Crippen LogP contribution is 2.24. The molecule has 0 radical (unpaired) electrons. The molecule has 1 N–H and O–H groups in total. The van der Waals surface area contributed by atoms with Gasteiger partial charge in [-0.15, -0.1) is 0 Å². The molecule has 2 aliphatic rings. The van der Waals surface area contributed by atoms with Crippen molar-refractivity contribution in [3.05, 3.63) is 34.9 Å². The summed E-state index contributed by atoms with van der Waals surface area (Å²) >= 11 is 0. The van der Waals surface area contributed by atoms with Crippen LogP contribution in [0.1, 0.15) is 40.7 Å². The normalized spacial score (nSPS) is 21.6. The lowest BCUT2D eigenvalue weighted by Crippen LogP contribution is -2.42. The summed E-state index contributed by atoms with van der Waals surface area (Å²) in [6, 6.07) is 5.93. The Balaban J connectivity index is 1.76. The number of nitrogens with zero attached hydrogens (tertiary/aromatic N) is 1. The van der Waals surface area contributed by atoms with Crippen molar-refractivity contribution in [3.8, 4) is 0 Å². The van der Waals surface area contributed by atoms with Crippen LogP contribution in [-0.2, 0) is 17.6 Å². The number of carboxylic acids is 1. The molecular formula is C16H19NO3. The molecule has 3 rings (SSSR count). The number of piperidine rings is 1.